The molecule has 0 heteroatoms. The molecule has 3 rings (SSSR count). The van der Waals surface area contributed by atoms with E-state index in [0.717, 1.165) is 29.6 Å². The summed E-state index contributed by atoms with van der Waals surface area (Å²) in [6, 6.07) is 0. The Labute approximate surface area is 126 Å². The number of rotatable bonds is 4. The van der Waals surface area contributed by atoms with Crippen molar-refractivity contribution < 1.29 is 0 Å². The standard InChI is InChI=1S/C20H34/c1-3-4-9-20-18(16-7-5-6-8-16)13-11-17-14-15(2)10-12-19(17)20/h10,16-20H,3-9,11-14H2,1-2H3. The lowest BCUT2D eigenvalue weighted by atomic mass is 9.58. The van der Waals surface area contributed by atoms with Crippen LogP contribution in [0, 0.1) is 29.6 Å². The van der Waals surface area contributed by atoms with E-state index in [0.29, 0.717) is 0 Å². The van der Waals surface area contributed by atoms with E-state index in [2.05, 4.69) is 19.9 Å². The van der Waals surface area contributed by atoms with Gasteiger partial charge in [-0.05, 0) is 68.6 Å². The Kier molecular flexibility index (Phi) is 4.89. The van der Waals surface area contributed by atoms with E-state index < -0.39 is 0 Å². The Morgan fingerprint density at radius 1 is 1.00 bits per heavy atom. The zero-order valence-electron chi connectivity index (χ0n) is 13.7. The van der Waals surface area contributed by atoms with E-state index in [1.165, 1.54) is 44.9 Å². The van der Waals surface area contributed by atoms with Crippen LogP contribution < -0.4 is 0 Å². The van der Waals surface area contributed by atoms with Crippen LogP contribution in [0.15, 0.2) is 11.6 Å². The molecule has 3 aliphatic carbocycles. The third-order valence-electron chi connectivity index (χ3n) is 6.80. The van der Waals surface area contributed by atoms with Gasteiger partial charge in [0, 0.05) is 0 Å². The monoisotopic (exact) mass is 274 g/mol. The first-order valence-electron chi connectivity index (χ1n) is 9.45. The molecule has 2 fully saturated rings. The first-order valence-corrected chi connectivity index (χ1v) is 9.45. The normalized spacial score (nSPS) is 38.6. The van der Waals surface area contributed by atoms with Crippen molar-refractivity contribution in [1.29, 1.82) is 0 Å². The maximum Gasteiger partial charge on any atom is -0.0292 e. The second kappa shape index (κ2) is 6.67. The van der Waals surface area contributed by atoms with Crippen LogP contribution in [0.4, 0.5) is 0 Å². The smallest absolute Gasteiger partial charge is 0.0292 e. The highest BCUT2D eigenvalue weighted by molar-refractivity contribution is 5.08. The molecule has 2 saturated carbocycles. The van der Waals surface area contributed by atoms with Gasteiger partial charge in [0.2, 0.25) is 0 Å². The zero-order chi connectivity index (χ0) is 13.9. The minimum absolute atomic E-state index is 1.04. The van der Waals surface area contributed by atoms with E-state index in [-0.39, 0.29) is 0 Å². The maximum absolute atomic E-state index is 2.58. The van der Waals surface area contributed by atoms with E-state index in [1.807, 2.05) is 0 Å². The molecule has 4 unspecified atom stereocenters. The summed E-state index contributed by atoms with van der Waals surface area (Å²) in [5, 5.41) is 0. The average Bonchev–Trinajstić information content (AvgIpc) is 2.98. The first-order chi connectivity index (χ1) is 9.79. The van der Waals surface area contributed by atoms with Crippen molar-refractivity contribution in [3.63, 3.8) is 0 Å². The van der Waals surface area contributed by atoms with Crippen LogP contribution in [0.3, 0.4) is 0 Å². The van der Waals surface area contributed by atoms with Gasteiger partial charge in [0.05, 0.1) is 0 Å². The third-order valence-corrected chi connectivity index (χ3v) is 6.80. The lowest BCUT2D eigenvalue weighted by Gasteiger charge is -2.47. The Hall–Kier alpha value is -0.260. The van der Waals surface area contributed by atoms with Crippen molar-refractivity contribution >= 4 is 0 Å². The van der Waals surface area contributed by atoms with Crippen LogP contribution in [-0.2, 0) is 0 Å². The fraction of sp³-hybridized carbons (Fsp3) is 0.900. The number of hydrogen-bond donors (Lipinski definition) is 0. The zero-order valence-corrected chi connectivity index (χ0v) is 13.7. The molecule has 0 amide bonds. The van der Waals surface area contributed by atoms with Crippen LogP contribution in [-0.4, -0.2) is 0 Å². The molecule has 0 nitrogen and oxygen atoms in total. The van der Waals surface area contributed by atoms with Gasteiger partial charge >= 0.3 is 0 Å². The van der Waals surface area contributed by atoms with Crippen LogP contribution in [0.2, 0.25) is 0 Å². The van der Waals surface area contributed by atoms with Gasteiger partial charge < -0.3 is 0 Å². The maximum atomic E-state index is 2.58. The molecule has 0 bridgehead atoms. The molecule has 3 aliphatic rings. The first kappa shape index (κ1) is 14.7. The van der Waals surface area contributed by atoms with Crippen LogP contribution in [0.5, 0.6) is 0 Å². The van der Waals surface area contributed by atoms with Crippen molar-refractivity contribution in [1.82, 2.24) is 0 Å². The second-order valence-electron chi connectivity index (χ2n) is 8.01. The predicted octanol–water partition coefficient (Wildman–Crippen LogP) is 6.37. The summed E-state index contributed by atoms with van der Waals surface area (Å²) in [4.78, 5) is 0. The van der Waals surface area contributed by atoms with Gasteiger partial charge in [-0.2, -0.15) is 0 Å². The van der Waals surface area contributed by atoms with E-state index in [9.17, 15) is 0 Å². The van der Waals surface area contributed by atoms with Crippen molar-refractivity contribution in [3.05, 3.63) is 11.6 Å². The summed E-state index contributed by atoms with van der Waals surface area (Å²) in [5.41, 5.74) is 1.68. The van der Waals surface area contributed by atoms with E-state index >= 15 is 0 Å². The molecule has 0 N–H and O–H groups in total. The van der Waals surface area contributed by atoms with Gasteiger partial charge in [-0.1, -0.05) is 57.1 Å². The molecule has 0 radical (unpaired) electrons. The predicted molar refractivity (Wildman–Crippen MR) is 87.7 cm³/mol. The Morgan fingerprint density at radius 2 is 1.80 bits per heavy atom. The van der Waals surface area contributed by atoms with Gasteiger partial charge in [0.25, 0.3) is 0 Å². The molecule has 0 spiro atoms. The average molecular weight is 274 g/mol. The van der Waals surface area contributed by atoms with Gasteiger partial charge in [0.15, 0.2) is 0 Å². The Morgan fingerprint density at radius 3 is 2.55 bits per heavy atom. The summed E-state index contributed by atoms with van der Waals surface area (Å²) in [6.07, 6.45) is 19.1. The quantitative estimate of drug-likeness (QED) is 0.523. The Balaban J connectivity index is 1.73. The number of hydrogen-bond acceptors (Lipinski definition) is 0. The summed E-state index contributed by atoms with van der Waals surface area (Å²) < 4.78 is 0. The molecular formula is C20H34. The summed E-state index contributed by atoms with van der Waals surface area (Å²) >= 11 is 0. The fourth-order valence-electron chi connectivity index (χ4n) is 5.80. The topological polar surface area (TPSA) is 0 Å². The minimum Gasteiger partial charge on any atom is -0.0853 e. The second-order valence-corrected chi connectivity index (χ2v) is 8.01. The summed E-state index contributed by atoms with van der Waals surface area (Å²) in [6.45, 7) is 4.73. The highest BCUT2D eigenvalue weighted by Gasteiger charge is 2.42. The number of fused-ring (bicyclic) bond motifs is 1. The number of unbranched alkanes of at least 4 members (excludes halogenated alkanes) is 1. The molecule has 0 heterocycles. The molecule has 4 atom stereocenters. The molecule has 20 heavy (non-hydrogen) atoms. The molecule has 0 saturated heterocycles. The van der Waals surface area contributed by atoms with Crippen molar-refractivity contribution in [3.8, 4) is 0 Å². The molecule has 0 aliphatic heterocycles. The van der Waals surface area contributed by atoms with Crippen molar-refractivity contribution in [2.45, 2.75) is 84.5 Å². The van der Waals surface area contributed by atoms with E-state index in [1.54, 1.807) is 31.3 Å². The van der Waals surface area contributed by atoms with Crippen molar-refractivity contribution in [2.75, 3.05) is 0 Å². The highest BCUT2D eigenvalue weighted by Crippen LogP contribution is 2.52. The summed E-state index contributed by atoms with van der Waals surface area (Å²) in [5.74, 6) is 5.35. The largest absolute Gasteiger partial charge is 0.0853 e. The molecule has 0 aromatic rings. The lowest BCUT2D eigenvalue weighted by molar-refractivity contribution is 0.0427. The minimum atomic E-state index is 1.04. The molecular weight excluding hydrogens is 240 g/mol. The van der Waals surface area contributed by atoms with Crippen LogP contribution >= 0.6 is 0 Å². The third kappa shape index (κ3) is 3.00. The van der Waals surface area contributed by atoms with Gasteiger partial charge in [-0.3, -0.25) is 0 Å². The SMILES string of the molecule is CCCCC1C2CC=C(C)CC2CCC1C1CCCC1. The van der Waals surface area contributed by atoms with Crippen LogP contribution in [0.25, 0.3) is 0 Å². The number of allylic oxidation sites excluding steroid dienone is 2. The van der Waals surface area contributed by atoms with Gasteiger partial charge in [0.1, 0.15) is 0 Å². The molecule has 114 valence electrons. The van der Waals surface area contributed by atoms with Crippen LogP contribution in [0.1, 0.15) is 84.5 Å². The fourth-order valence-corrected chi connectivity index (χ4v) is 5.80. The lowest BCUT2D eigenvalue weighted by Crippen LogP contribution is -2.38. The van der Waals surface area contributed by atoms with Crippen molar-refractivity contribution in [2.24, 2.45) is 29.6 Å². The molecule has 0 aromatic heterocycles. The highest BCUT2D eigenvalue weighted by atomic mass is 14.5. The molecule has 0 aromatic carbocycles. The van der Waals surface area contributed by atoms with E-state index in [4.69, 9.17) is 0 Å². The summed E-state index contributed by atoms with van der Waals surface area (Å²) in [7, 11) is 0. The van der Waals surface area contributed by atoms with Gasteiger partial charge in [-0.25, -0.2) is 0 Å². The Bertz CT molecular complexity index is 334. The van der Waals surface area contributed by atoms with Gasteiger partial charge in [-0.15, -0.1) is 0 Å².